The standard InChI is InChI=1S/C5H5Se.Na/c1-2-4-6-5-3-1;/h1-5H;/q2*+1. The number of hydrogen-bond acceptors (Lipinski definition) is 0. The Morgan fingerprint density at radius 1 is 0.857 bits per heavy atom. The van der Waals surface area contributed by atoms with E-state index in [9.17, 15) is 0 Å². The Kier molecular flexibility index (Phi) is 5.64. The second-order valence-electron chi connectivity index (χ2n) is 0.986. The third-order valence-corrected chi connectivity index (χ3v) is 1.86. The fourth-order valence-corrected chi connectivity index (χ4v) is 1.24. The van der Waals surface area contributed by atoms with Gasteiger partial charge in [0.05, 0.1) is 0 Å². The molecule has 1 heterocycles. The first-order chi connectivity index (χ1) is 3.00. The van der Waals surface area contributed by atoms with Crippen molar-refractivity contribution >= 4 is 14.5 Å². The first-order valence-corrected chi connectivity index (χ1v) is 3.78. The molecule has 0 spiro atoms. The predicted molar refractivity (Wildman–Crippen MR) is 27.8 cm³/mol. The van der Waals surface area contributed by atoms with Crippen LogP contribution < -0.4 is 29.6 Å². The van der Waals surface area contributed by atoms with E-state index in [1.54, 1.807) is 0 Å². The van der Waals surface area contributed by atoms with Crippen LogP contribution in [-0.4, -0.2) is 14.5 Å². The Bertz CT molecular complexity index is 80.0. The first-order valence-electron chi connectivity index (χ1n) is 1.80. The van der Waals surface area contributed by atoms with Crippen molar-refractivity contribution in [3.63, 3.8) is 0 Å². The van der Waals surface area contributed by atoms with Crippen molar-refractivity contribution in [3.8, 4) is 0 Å². The van der Waals surface area contributed by atoms with E-state index >= 15 is 0 Å². The van der Waals surface area contributed by atoms with Crippen molar-refractivity contribution in [3.05, 3.63) is 28.1 Å². The molecule has 0 radical (unpaired) electrons. The van der Waals surface area contributed by atoms with Crippen LogP contribution in [0.3, 0.4) is 0 Å². The topological polar surface area (TPSA) is 0 Å². The maximum atomic E-state index is 2.19. The van der Waals surface area contributed by atoms with Gasteiger partial charge in [-0.1, -0.05) is 0 Å². The number of hydrogen-bond donors (Lipinski definition) is 0. The molecule has 0 aliphatic carbocycles. The second-order valence-corrected chi connectivity index (χ2v) is 2.70. The molecule has 0 bridgehead atoms. The van der Waals surface area contributed by atoms with E-state index in [1.807, 2.05) is 6.07 Å². The molecule has 0 aliphatic rings. The van der Waals surface area contributed by atoms with Crippen LogP contribution in [0.25, 0.3) is 0 Å². The molecule has 0 N–H and O–H groups in total. The van der Waals surface area contributed by atoms with Gasteiger partial charge in [-0.2, -0.15) is 0 Å². The Labute approximate surface area is 71.6 Å². The van der Waals surface area contributed by atoms with Crippen LogP contribution >= 0.6 is 0 Å². The van der Waals surface area contributed by atoms with E-state index in [1.165, 1.54) is 0 Å². The SMILES string of the molecule is [Na+].c1cc[se+]cc1. The van der Waals surface area contributed by atoms with Gasteiger partial charge in [0.2, 0.25) is 0 Å². The van der Waals surface area contributed by atoms with Crippen molar-refractivity contribution in [2.45, 2.75) is 0 Å². The summed E-state index contributed by atoms with van der Waals surface area (Å²) in [5, 5.41) is 0. The summed E-state index contributed by atoms with van der Waals surface area (Å²) in [5.41, 5.74) is 0. The Morgan fingerprint density at radius 2 is 1.43 bits per heavy atom. The van der Waals surface area contributed by atoms with Gasteiger partial charge in [-0.3, -0.25) is 0 Å². The summed E-state index contributed by atoms with van der Waals surface area (Å²) in [6.45, 7) is 0. The predicted octanol–water partition coefficient (Wildman–Crippen LogP) is -1.97. The molecule has 0 fully saturated rings. The Morgan fingerprint density at radius 3 is 1.57 bits per heavy atom. The summed E-state index contributed by atoms with van der Waals surface area (Å²) >= 11 is 0.661. The van der Waals surface area contributed by atoms with Gasteiger partial charge in [-0.05, 0) is 0 Å². The fraction of sp³-hybridized carbons (Fsp3) is 0. The normalized spacial score (nSPS) is 6.86. The summed E-state index contributed by atoms with van der Waals surface area (Å²) in [4.78, 5) is 4.38. The maximum absolute atomic E-state index is 2.19. The molecular formula is C5H5NaSe+2. The molecule has 1 aromatic rings. The summed E-state index contributed by atoms with van der Waals surface area (Å²) in [7, 11) is 0. The molecular weight excluding hydrogens is 162 g/mol. The van der Waals surface area contributed by atoms with E-state index in [4.69, 9.17) is 0 Å². The van der Waals surface area contributed by atoms with E-state index in [-0.39, 0.29) is 29.6 Å². The van der Waals surface area contributed by atoms with Crippen LogP contribution in [0.4, 0.5) is 0 Å². The van der Waals surface area contributed by atoms with E-state index in [0.29, 0.717) is 14.5 Å². The van der Waals surface area contributed by atoms with Gasteiger partial charge < -0.3 is 0 Å². The van der Waals surface area contributed by atoms with Crippen LogP contribution in [0.5, 0.6) is 0 Å². The molecule has 0 saturated carbocycles. The zero-order valence-electron chi connectivity index (χ0n) is 4.29. The summed E-state index contributed by atoms with van der Waals surface area (Å²) in [6, 6.07) is 6.21. The van der Waals surface area contributed by atoms with Crippen LogP contribution in [0.15, 0.2) is 28.1 Å². The van der Waals surface area contributed by atoms with E-state index in [0.717, 1.165) is 0 Å². The molecule has 0 atom stereocenters. The van der Waals surface area contributed by atoms with Gasteiger partial charge in [-0.15, -0.1) is 0 Å². The van der Waals surface area contributed by atoms with Crippen molar-refractivity contribution < 1.29 is 29.6 Å². The van der Waals surface area contributed by atoms with Gasteiger partial charge in [-0.25, -0.2) is 0 Å². The van der Waals surface area contributed by atoms with Gasteiger partial charge in [0, 0.05) is 0 Å². The zero-order chi connectivity index (χ0) is 4.24. The summed E-state index contributed by atoms with van der Waals surface area (Å²) < 4.78 is 0. The molecule has 1 rings (SSSR count). The average molecular weight is 167 g/mol. The third-order valence-electron chi connectivity index (χ3n) is 0.536. The van der Waals surface area contributed by atoms with Crippen LogP contribution in [0, 0.1) is 0 Å². The minimum absolute atomic E-state index is 0. The minimum atomic E-state index is 0. The van der Waals surface area contributed by atoms with Crippen molar-refractivity contribution in [2.75, 3.05) is 0 Å². The van der Waals surface area contributed by atoms with E-state index < -0.39 is 0 Å². The quantitative estimate of drug-likeness (QED) is 0.393. The monoisotopic (exact) mass is 168 g/mol. The Hall–Kier alpha value is 0.869. The third kappa shape index (κ3) is 3.45. The van der Waals surface area contributed by atoms with Crippen molar-refractivity contribution in [1.29, 1.82) is 0 Å². The summed E-state index contributed by atoms with van der Waals surface area (Å²) in [6.07, 6.45) is 0. The molecule has 0 aromatic carbocycles. The van der Waals surface area contributed by atoms with Crippen LogP contribution in [-0.2, 0) is 0 Å². The average Bonchev–Trinajstić information content (AvgIpc) is 1.72. The molecule has 0 nitrogen and oxygen atoms in total. The molecule has 7 heavy (non-hydrogen) atoms. The molecule has 0 unspecified atom stereocenters. The molecule has 1 aromatic heterocycles. The number of rotatable bonds is 0. The van der Waals surface area contributed by atoms with Gasteiger partial charge in [0.1, 0.15) is 0 Å². The Balaban J connectivity index is 0.000000360. The fourth-order valence-electron chi connectivity index (χ4n) is 0.291. The first kappa shape index (κ1) is 7.87. The summed E-state index contributed by atoms with van der Waals surface area (Å²) in [5.74, 6) is 0. The molecule has 2 heteroatoms. The van der Waals surface area contributed by atoms with Crippen molar-refractivity contribution in [2.24, 2.45) is 0 Å². The molecule has 30 valence electrons. The van der Waals surface area contributed by atoms with Crippen molar-refractivity contribution in [1.82, 2.24) is 0 Å². The molecule has 0 amide bonds. The van der Waals surface area contributed by atoms with E-state index in [2.05, 4.69) is 22.0 Å². The van der Waals surface area contributed by atoms with Crippen LogP contribution in [0.1, 0.15) is 0 Å². The van der Waals surface area contributed by atoms with Crippen LogP contribution in [0.2, 0.25) is 0 Å². The van der Waals surface area contributed by atoms with Gasteiger partial charge in [0.25, 0.3) is 0 Å². The zero-order valence-corrected chi connectivity index (χ0v) is 8.01. The second kappa shape index (κ2) is 5.02. The molecule has 0 saturated heterocycles. The van der Waals surface area contributed by atoms with Gasteiger partial charge >= 0.3 is 72.1 Å². The molecule has 0 aliphatic heterocycles. The van der Waals surface area contributed by atoms with Gasteiger partial charge in [0.15, 0.2) is 0 Å².